The number of guanidine groups is 1. The normalized spacial score (nSPS) is 15.5. The number of nitrogens with zero attached hydrogens (tertiary/aromatic N) is 3. The van der Waals surface area contributed by atoms with Crippen molar-refractivity contribution in [3.8, 4) is 0 Å². The summed E-state index contributed by atoms with van der Waals surface area (Å²) in [4.78, 5) is 11.4. The van der Waals surface area contributed by atoms with Gasteiger partial charge in [-0.05, 0) is 44.0 Å². The minimum Gasteiger partial charge on any atom is -0.356 e. The summed E-state index contributed by atoms with van der Waals surface area (Å²) in [5.74, 6) is 0.880. The molecule has 1 saturated heterocycles. The van der Waals surface area contributed by atoms with Crippen LogP contribution in [0.2, 0.25) is 0 Å². The van der Waals surface area contributed by atoms with E-state index in [2.05, 4.69) is 49.8 Å². The summed E-state index contributed by atoms with van der Waals surface area (Å²) in [6.07, 6.45) is 6.86. The number of benzene rings is 1. The molecule has 142 valence electrons. The third-order valence-electron chi connectivity index (χ3n) is 4.80. The van der Waals surface area contributed by atoms with Crippen molar-refractivity contribution in [2.45, 2.75) is 25.7 Å². The highest BCUT2D eigenvalue weighted by Gasteiger charge is 2.09. The Hall–Kier alpha value is -1.41. The van der Waals surface area contributed by atoms with Crippen molar-refractivity contribution in [1.29, 1.82) is 0 Å². The number of rotatable bonds is 6. The van der Waals surface area contributed by atoms with E-state index in [0.717, 1.165) is 37.5 Å². The van der Waals surface area contributed by atoms with E-state index in [1.807, 2.05) is 19.3 Å². The Morgan fingerprint density at radius 2 is 1.85 bits per heavy atom. The highest BCUT2D eigenvalue weighted by molar-refractivity contribution is 14.0. The maximum absolute atomic E-state index is 4.52. The third-order valence-corrected chi connectivity index (χ3v) is 4.80. The summed E-state index contributed by atoms with van der Waals surface area (Å²) in [7, 11) is 1.83. The molecule has 0 radical (unpaired) electrons. The zero-order valence-electron chi connectivity index (χ0n) is 15.6. The number of piperidine rings is 1. The zero-order chi connectivity index (χ0) is 17.3. The lowest BCUT2D eigenvalue weighted by molar-refractivity contribution is 0.232. The second-order valence-electron chi connectivity index (χ2n) is 6.57. The van der Waals surface area contributed by atoms with Crippen molar-refractivity contribution in [2.75, 3.05) is 39.8 Å². The van der Waals surface area contributed by atoms with Crippen molar-refractivity contribution in [3.63, 3.8) is 0 Å². The van der Waals surface area contributed by atoms with Crippen LogP contribution in [0.15, 0.2) is 41.5 Å². The molecule has 0 saturated carbocycles. The van der Waals surface area contributed by atoms with Crippen LogP contribution in [0.1, 0.15) is 24.8 Å². The van der Waals surface area contributed by atoms with Crippen LogP contribution in [-0.2, 0) is 6.42 Å². The molecular weight excluding hydrogens is 437 g/mol. The van der Waals surface area contributed by atoms with Crippen molar-refractivity contribution < 1.29 is 0 Å². The lowest BCUT2D eigenvalue weighted by atomic mass is 10.1. The molecule has 3 rings (SSSR count). The first-order valence-corrected chi connectivity index (χ1v) is 9.36. The molecule has 1 aromatic heterocycles. The Morgan fingerprint density at radius 3 is 2.65 bits per heavy atom. The lowest BCUT2D eigenvalue weighted by Crippen LogP contribution is -2.43. The second-order valence-corrected chi connectivity index (χ2v) is 6.57. The summed E-state index contributed by atoms with van der Waals surface area (Å²) >= 11 is 0. The number of pyridine rings is 1. The third kappa shape index (κ3) is 6.09. The number of hydrogen-bond acceptors (Lipinski definition) is 3. The van der Waals surface area contributed by atoms with E-state index in [9.17, 15) is 0 Å². The van der Waals surface area contributed by atoms with Crippen LogP contribution < -0.4 is 10.6 Å². The minimum absolute atomic E-state index is 0. The number of likely N-dealkylation sites (tertiary alicyclic amines) is 1. The van der Waals surface area contributed by atoms with Crippen LogP contribution in [0.5, 0.6) is 0 Å². The van der Waals surface area contributed by atoms with E-state index in [0.29, 0.717) is 0 Å². The van der Waals surface area contributed by atoms with Gasteiger partial charge in [0.05, 0.1) is 5.52 Å². The molecule has 6 heteroatoms. The van der Waals surface area contributed by atoms with Crippen LogP contribution in [0.4, 0.5) is 0 Å². The molecule has 1 fully saturated rings. The van der Waals surface area contributed by atoms with Crippen molar-refractivity contribution in [1.82, 2.24) is 20.5 Å². The summed E-state index contributed by atoms with van der Waals surface area (Å²) in [5.41, 5.74) is 2.37. The van der Waals surface area contributed by atoms with Crippen LogP contribution in [0.25, 0.3) is 10.9 Å². The van der Waals surface area contributed by atoms with Gasteiger partial charge < -0.3 is 15.5 Å². The number of halogens is 1. The van der Waals surface area contributed by atoms with E-state index in [1.54, 1.807) is 0 Å². The molecule has 1 aliphatic rings. The number of aliphatic imine (C=N–C) groups is 1. The summed E-state index contributed by atoms with van der Waals surface area (Å²) < 4.78 is 0. The smallest absolute Gasteiger partial charge is 0.191 e. The fourth-order valence-electron chi connectivity index (χ4n) is 3.42. The molecule has 0 amide bonds. The SMILES string of the molecule is CN=C(NCCc1cccc2cccnc12)NCCN1CCCCC1.I. The Balaban J connectivity index is 0.00000243. The zero-order valence-corrected chi connectivity index (χ0v) is 17.9. The Labute approximate surface area is 173 Å². The number of aromatic nitrogens is 1. The van der Waals surface area contributed by atoms with Crippen LogP contribution in [0.3, 0.4) is 0 Å². The molecule has 2 heterocycles. The number of para-hydroxylation sites is 1. The second kappa shape index (κ2) is 11.3. The summed E-state index contributed by atoms with van der Waals surface area (Å²) in [6.45, 7) is 5.35. The van der Waals surface area contributed by atoms with Gasteiger partial charge >= 0.3 is 0 Å². The molecule has 5 nitrogen and oxygen atoms in total. The van der Waals surface area contributed by atoms with Gasteiger partial charge in [0.2, 0.25) is 0 Å². The fourth-order valence-corrected chi connectivity index (χ4v) is 3.42. The maximum atomic E-state index is 4.52. The van der Waals surface area contributed by atoms with E-state index >= 15 is 0 Å². The van der Waals surface area contributed by atoms with Gasteiger partial charge in [0.15, 0.2) is 5.96 Å². The van der Waals surface area contributed by atoms with Crippen molar-refractivity contribution >= 4 is 40.8 Å². The van der Waals surface area contributed by atoms with Crippen LogP contribution in [-0.4, -0.2) is 55.6 Å². The lowest BCUT2D eigenvalue weighted by Gasteiger charge is -2.26. The van der Waals surface area contributed by atoms with Gasteiger partial charge in [0.25, 0.3) is 0 Å². The van der Waals surface area contributed by atoms with Gasteiger partial charge in [-0.15, -0.1) is 24.0 Å². The first kappa shape index (κ1) is 20.9. The molecule has 2 N–H and O–H groups in total. The van der Waals surface area contributed by atoms with Crippen LogP contribution in [0, 0.1) is 0 Å². The van der Waals surface area contributed by atoms with Gasteiger partial charge in [0, 0.05) is 38.3 Å². The molecule has 0 bridgehead atoms. The predicted octanol–water partition coefficient (Wildman–Crippen LogP) is 3.05. The largest absolute Gasteiger partial charge is 0.356 e. The Bertz CT molecular complexity index is 692. The molecule has 1 aromatic carbocycles. The molecule has 0 unspecified atom stereocenters. The first-order chi connectivity index (χ1) is 12.4. The topological polar surface area (TPSA) is 52.6 Å². The van der Waals surface area contributed by atoms with Gasteiger partial charge in [-0.25, -0.2) is 0 Å². The minimum atomic E-state index is 0. The Morgan fingerprint density at radius 1 is 1.08 bits per heavy atom. The average molecular weight is 467 g/mol. The molecule has 26 heavy (non-hydrogen) atoms. The van der Waals surface area contributed by atoms with Gasteiger partial charge in [-0.3, -0.25) is 9.98 Å². The maximum Gasteiger partial charge on any atom is 0.191 e. The quantitative estimate of drug-likeness (QED) is 0.390. The highest BCUT2D eigenvalue weighted by Crippen LogP contribution is 2.15. The van der Waals surface area contributed by atoms with Gasteiger partial charge in [0.1, 0.15) is 0 Å². The number of nitrogens with one attached hydrogen (secondary N) is 2. The fraction of sp³-hybridized carbons (Fsp3) is 0.500. The molecular formula is C20H30IN5. The summed E-state index contributed by atoms with van der Waals surface area (Å²) in [6, 6.07) is 10.5. The predicted molar refractivity (Wildman–Crippen MR) is 121 cm³/mol. The Kier molecular flexibility index (Phi) is 9.11. The van der Waals surface area contributed by atoms with E-state index in [1.165, 1.54) is 43.3 Å². The summed E-state index contributed by atoms with van der Waals surface area (Å²) in [5, 5.41) is 8.03. The standard InChI is InChI=1S/C20H29N5.HI/c1-21-20(24-13-16-25-14-3-2-4-15-25)23-12-10-18-8-5-7-17-9-6-11-22-19(17)18;/h5-9,11H,2-4,10,12-16H2,1H3,(H2,21,23,24);1H. The number of hydrogen-bond donors (Lipinski definition) is 2. The van der Waals surface area contributed by atoms with Gasteiger partial charge in [-0.1, -0.05) is 30.7 Å². The average Bonchev–Trinajstić information content (AvgIpc) is 2.68. The van der Waals surface area contributed by atoms with Gasteiger partial charge in [-0.2, -0.15) is 0 Å². The number of fused-ring (bicyclic) bond motifs is 1. The van der Waals surface area contributed by atoms with E-state index in [-0.39, 0.29) is 24.0 Å². The molecule has 0 spiro atoms. The van der Waals surface area contributed by atoms with E-state index in [4.69, 9.17) is 0 Å². The van der Waals surface area contributed by atoms with Crippen molar-refractivity contribution in [2.24, 2.45) is 4.99 Å². The molecule has 0 atom stereocenters. The highest BCUT2D eigenvalue weighted by atomic mass is 127. The van der Waals surface area contributed by atoms with E-state index < -0.39 is 0 Å². The molecule has 1 aliphatic heterocycles. The van der Waals surface area contributed by atoms with Crippen molar-refractivity contribution in [3.05, 3.63) is 42.1 Å². The molecule has 0 aliphatic carbocycles. The monoisotopic (exact) mass is 467 g/mol. The molecule has 2 aromatic rings. The first-order valence-electron chi connectivity index (χ1n) is 9.36. The van der Waals surface area contributed by atoms with Crippen LogP contribution >= 0.6 is 24.0 Å².